The van der Waals surface area contributed by atoms with Crippen LogP contribution in [0.25, 0.3) is 0 Å². The minimum absolute atomic E-state index is 0.0272. The van der Waals surface area contributed by atoms with Crippen molar-refractivity contribution in [2.45, 2.75) is 83.7 Å². The molecule has 2 bridgehead atoms. The zero-order chi connectivity index (χ0) is 25.2. The van der Waals surface area contributed by atoms with Gasteiger partial charge in [-0.25, -0.2) is 4.79 Å². The zero-order valence-corrected chi connectivity index (χ0v) is 22.5. The van der Waals surface area contributed by atoms with Crippen LogP contribution in [0.15, 0.2) is 0 Å². The quantitative estimate of drug-likeness (QED) is 0.629. The number of hydrogen-bond donors (Lipinski definition) is 1. The highest BCUT2D eigenvalue weighted by Gasteiger charge is 2.45. The molecule has 0 aromatic rings. The predicted molar refractivity (Wildman–Crippen MR) is 139 cm³/mol. The SMILES string of the molecule is CC(C)N1CCC(CCNC(=O)C2CCN(C(=O)N3CC4CC(C3)[C@H]3CCCC(=O)N3C4)CC2)CC1. The molecule has 0 saturated carbocycles. The van der Waals surface area contributed by atoms with Gasteiger partial charge in [0.15, 0.2) is 0 Å². The number of carbonyl (C=O) groups is 3. The lowest BCUT2D eigenvalue weighted by molar-refractivity contribution is -0.144. The molecule has 5 saturated heterocycles. The maximum Gasteiger partial charge on any atom is 0.320 e. The summed E-state index contributed by atoms with van der Waals surface area (Å²) in [4.78, 5) is 47.2. The summed E-state index contributed by atoms with van der Waals surface area (Å²) in [6.07, 6.45) is 8.99. The summed E-state index contributed by atoms with van der Waals surface area (Å²) in [5, 5.41) is 3.20. The standard InChI is InChI=1S/C28H47N5O3/c1-20(2)30-12-7-21(8-13-30)6-11-29-27(35)23-9-14-31(15-10-23)28(36)32-17-22-16-24(19-32)25-4-3-5-26(34)33(25)18-22/h20-25H,3-19H2,1-2H3,(H,29,35)/t22?,24?,25-/m1/s1. The van der Waals surface area contributed by atoms with Gasteiger partial charge in [-0.3, -0.25) is 9.59 Å². The summed E-state index contributed by atoms with van der Waals surface area (Å²) in [7, 11) is 0. The fourth-order valence-electron chi connectivity index (χ4n) is 7.60. The van der Waals surface area contributed by atoms with Gasteiger partial charge in [0, 0.05) is 63.7 Å². The second-order valence-electron chi connectivity index (χ2n) is 12.5. The molecule has 0 aromatic carbocycles. The number of piperidine rings is 5. The molecule has 202 valence electrons. The van der Waals surface area contributed by atoms with Crippen LogP contribution in [0.3, 0.4) is 0 Å². The molecule has 5 aliphatic rings. The molecule has 0 radical (unpaired) electrons. The van der Waals surface area contributed by atoms with Crippen LogP contribution in [-0.2, 0) is 9.59 Å². The van der Waals surface area contributed by atoms with E-state index in [1.165, 1.54) is 25.9 Å². The fraction of sp³-hybridized carbons (Fsp3) is 0.893. The minimum Gasteiger partial charge on any atom is -0.356 e. The lowest BCUT2D eigenvalue weighted by atomic mass is 9.76. The Hall–Kier alpha value is -1.83. The predicted octanol–water partition coefficient (Wildman–Crippen LogP) is 2.78. The number of urea groups is 1. The lowest BCUT2D eigenvalue weighted by Gasteiger charge is -2.53. The molecule has 3 atom stereocenters. The minimum atomic E-state index is 0.0272. The molecule has 5 rings (SSSR count). The van der Waals surface area contributed by atoms with E-state index >= 15 is 0 Å². The third kappa shape index (κ3) is 5.68. The lowest BCUT2D eigenvalue weighted by Crippen LogP contribution is -2.62. The van der Waals surface area contributed by atoms with Crippen molar-refractivity contribution < 1.29 is 14.4 Å². The summed E-state index contributed by atoms with van der Waals surface area (Å²) in [5.41, 5.74) is 0. The normalized spacial score (nSPS) is 30.5. The number of nitrogens with one attached hydrogen (secondary N) is 1. The van der Waals surface area contributed by atoms with Crippen molar-refractivity contribution in [3.8, 4) is 0 Å². The number of nitrogens with zero attached hydrogens (tertiary/aromatic N) is 4. The Morgan fingerprint density at radius 1 is 0.944 bits per heavy atom. The molecule has 5 aliphatic heterocycles. The van der Waals surface area contributed by atoms with Crippen LogP contribution in [-0.4, -0.2) is 102 Å². The summed E-state index contributed by atoms with van der Waals surface area (Å²) in [6, 6.07) is 1.10. The average molecular weight is 502 g/mol. The van der Waals surface area contributed by atoms with Gasteiger partial charge in [0.2, 0.25) is 11.8 Å². The van der Waals surface area contributed by atoms with Crippen LogP contribution in [0.4, 0.5) is 4.79 Å². The molecule has 1 N–H and O–H groups in total. The van der Waals surface area contributed by atoms with Crippen LogP contribution >= 0.6 is 0 Å². The third-order valence-electron chi connectivity index (χ3n) is 9.82. The Balaban J connectivity index is 1.02. The van der Waals surface area contributed by atoms with Crippen LogP contribution in [0.1, 0.15) is 71.6 Å². The molecule has 8 nitrogen and oxygen atoms in total. The second kappa shape index (κ2) is 11.3. The Kier molecular flexibility index (Phi) is 8.08. The Bertz CT molecular complexity index is 803. The molecule has 4 amide bonds. The van der Waals surface area contributed by atoms with E-state index in [2.05, 4.69) is 33.9 Å². The maximum absolute atomic E-state index is 13.4. The average Bonchev–Trinajstić information content (AvgIpc) is 2.89. The van der Waals surface area contributed by atoms with Crippen molar-refractivity contribution in [2.75, 3.05) is 52.4 Å². The molecule has 36 heavy (non-hydrogen) atoms. The Morgan fingerprint density at radius 2 is 1.69 bits per heavy atom. The van der Waals surface area contributed by atoms with Gasteiger partial charge < -0.3 is 24.9 Å². The summed E-state index contributed by atoms with van der Waals surface area (Å²) < 4.78 is 0. The van der Waals surface area contributed by atoms with E-state index in [4.69, 9.17) is 0 Å². The van der Waals surface area contributed by atoms with Crippen molar-refractivity contribution in [1.29, 1.82) is 0 Å². The van der Waals surface area contributed by atoms with Gasteiger partial charge in [-0.15, -0.1) is 0 Å². The Labute approximate surface area is 217 Å². The van der Waals surface area contributed by atoms with E-state index in [0.29, 0.717) is 49.3 Å². The molecule has 8 heteroatoms. The van der Waals surface area contributed by atoms with Crippen LogP contribution in [0.5, 0.6) is 0 Å². The molecular formula is C28H47N5O3. The summed E-state index contributed by atoms with van der Waals surface area (Å²) in [5.74, 6) is 2.08. The second-order valence-corrected chi connectivity index (χ2v) is 12.5. The van der Waals surface area contributed by atoms with E-state index in [9.17, 15) is 14.4 Å². The van der Waals surface area contributed by atoms with Gasteiger partial charge in [0.05, 0.1) is 0 Å². The van der Waals surface area contributed by atoms with Crippen LogP contribution < -0.4 is 5.32 Å². The first-order valence-corrected chi connectivity index (χ1v) is 14.7. The molecule has 0 aliphatic carbocycles. The van der Waals surface area contributed by atoms with Crippen molar-refractivity contribution in [1.82, 2.24) is 24.9 Å². The van der Waals surface area contributed by atoms with Gasteiger partial charge in [0.1, 0.15) is 0 Å². The number of carbonyl (C=O) groups excluding carboxylic acids is 3. The molecular weight excluding hydrogens is 454 g/mol. The van der Waals surface area contributed by atoms with Crippen molar-refractivity contribution >= 4 is 17.8 Å². The zero-order valence-electron chi connectivity index (χ0n) is 22.5. The number of likely N-dealkylation sites (tertiary alicyclic amines) is 3. The van der Waals surface area contributed by atoms with Crippen molar-refractivity contribution in [2.24, 2.45) is 23.7 Å². The number of fused-ring (bicyclic) bond motifs is 4. The van der Waals surface area contributed by atoms with Gasteiger partial charge in [-0.1, -0.05) is 0 Å². The van der Waals surface area contributed by atoms with Gasteiger partial charge in [0.25, 0.3) is 0 Å². The van der Waals surface area contributed by atoms with Crippen molar-refractivity contribution in [3.63, 3.8) is 0 Å². The highest BCUT2D eigenvalue weighted by Crippen LogP contribution is 2.38. The summed E-state index contributed by atoms with van der Waals surface area (Å²) >= 11 is 0. The number of amides is 4. The topological polar surface area (TPSA) is 76.2 Å². The van der Waals surface area contributed by atoms with E-state index in [-0.39, 0.29) is 17.9 Å². The van der Waals surface area contributed by atoms with Crippen LogP contribution in [0, 0.1) is 23.7 Å². The highest BCUT2D eigenvalue weighted by atomic mass is 16.2. The molecule has 5 heterocycles. The summed E-state index contributed by atoms with van der Waals surface area (Å²) in [6.45, 7) is 11.4. The van der Waals surface area contributed by atoms with Gasteiger partial charge in [-0.2, -0.15) is 0 Å². The smallest absolute Gasteiger partial charge is 0.320 e. The maximum atomic E-state index is 13.4. The van der Waals surface area contributed by atoms with Crippen LogP contribution in [0.2, 0.25) is 0 Å². The highest BCUT2D eigenvalue weighted by molar-refractivity contribution is 5.80. The number of rotatable bonds is 5. The van der Waals surface area contributed by atoms with E-state index < -0.39 is 0 Å². The monoisotopic (exact) mass is 501 g/mol. The van der Waals surface area contributed by atoms with E-state index in [0.717, 1.165) is 70.6 Å². The van der Waals surface area contributed by atoms with Crippen molar-refractivity contribution in [3.05, 3.63) is 0 Å². The molecule has 0 spiro atoms. The fourth-order valence-corrected chi connectivity index (χ4v) is 7.60. The molecule has 2 unspecified atom stereocenters. The largest absolute Gasteiger partial charge is 0.356 e. The molecule has 5 fully saturated rings. The van der Waals surface area contributed by atoms with E-state index in [1.807, 2.05) is 4.90 Å². The number of hydrogen-bond acceptors (Lipinski definition) is 4. The third-order valence-corrected chi connectivity index (χ3v) is 9.82. The molecule has 0 aromatic heterocycles. The first kappa shape index (κ1) is 25.8. The first-order chi connectivity index (χ1) is 17.4. The van der Waals surface area contributed by atoms with Gasteiger partial charge >= 0.3 is 6.03 Å². The Morgan fingerprint density at radius 3 is 2.42 bits per heavy atom. The van der Waals surface area contributed by atoms with Gasteiger partial charge in [-0.05, 0) is 96.1 Å². The first-order valence-electron chi connectivity index (χ1n) is 14.7. The van der Waals surface area contributed by atoms with E-state index in [1.54, 1.807) is 0 Å².